The Morgan fingerprint density at radius 3 is 2.73 bits per heavy atom. The smallest absolute Gasteiger partial charge is 0.293 e. The van der Waals surface area contributed by atoms with Crippen LogP contribution in [0.5, 0.6) is 0 Å². The largest absolute Gasteiger partial charge is 0.353 e. The van der Waals surface area contributed by atoms with Gasteiger partial charge in [0.2, 0.25) is 11.8 Å². The molecule has 174 valence electrons. The average molecular weight is 493 g/mol. The third kappa shape index (κ3) is 5.03. The highest BCUT2D eigenvalue weighted by Crippen LogP contribution is 2.35. The van der Waals surface area contributed by atoms with Crippen LogP contribution in [0.25, 0.3) is 6.08 Å². The van der Waals surface area contributed by atoms with Crippen molar-refractivity contribution in [3.63, 3.8) is 0 Å². The maximum atomic E-state index is 12.7. The molecule has 2 aliphatic heterocycles. The molecule has 0 radical (unpaired) electrons. The summed E-state index contributed by atoms with van der Waals surface area (Å²) in [5, 5.41) is 13.3. The number of hydrogen-bond acceptors (Lipinski definition) is 7. The highest BCUT2D eigenvalue weighted by molar-refractivity contribution is 8.18. The Balaban J connectivity index is 1.34. The second kappa shape index (κ2) is 9.52. The number of nitrogens with one attached hydrogen (secondary N) is 1. The Morgan fingerprint density at radius 1 is 1.27 bits per heavy atom. The number of carbonyl (C=O) groups excluding carboxylic acids is 4. The molecule has 4 rings (SSSR count). The number of nitro benzene ring substituents is 1. The van der Waals surface area contributed by atoms with E-state index in [-0.39, 0.29) is 46.4 Å². The van der Waals surface area contributed by atoms with E-state index in [9.17, 15) is 29.3 Å². The minimum atomic E-state index is -0.627. The molecule has 0 bridgehead atoms. The second-order valence-corrected chi connectivity index (χ2v) is 9.46. The topological polar surface area (TPSA) is 130 Å². The number of thioether (sulfide) groups is 1. The summed E-state index contributed by atoms with van der Waals surface area (Å²) < 4.78 is 0. The van der Waals surface area contributed by atoms with E-state index in [4.69, 9.17) is 11.6 Å². The Morgan fingerprint density at radius 2 is 2.03 bits per heavy atom. The van der Waals surface area contributed by atoms with Crippen LogP contribution in [0, 0.1) is 16.0 Å². The van der Waals surface area contributed by atoms with E-state index >= 15 is 0 Å². The second-order valence-electron chi connectivity index (χ2n) is 8.06. The Kier molecular flexibility index (Phi) is 6.71. The number of benzene rings is 1. The van der Waals surface area contributed by atoms with E-state index < -0.39 is 22.1 Å². The standard InChI is InChI=1S/C21H21ClN4O6S/c22-14-6-3-12(10-16(14)26(31)32)11-17-20(29)25(21(30)33-17)9-7-23-18(27)15-2-1-8-24(15)19(28)13-4-5-13/h3,6,10-11,13,15H,1-2,4-5,7-9H2,(H,23,27)/b17-11-. The summed E-state index contributed by atoms with van der Waals surface area (Å²) in [7, 11) is 0. The number of nitrogens with zero attached hydrogens (tertiary/aromatic N) is 3. The summed E-state index contributed by atoms with van der Waals surface area (Å²) in [6.45, 7) is 0.626. The molecule has 0 aromatic heterocycles. The van der Waals surface area contributed by atoms with Gasteiger partial charge in [0.25, 0.3) is 16.8 Å². The van der Waals surface area contributed by atoms with Crippen molar-refractivity contribution in [1.29, 1.82) is 0 Å². The maximum Gasteiger partial charge on any atom is 0.293 e. The molecule has 1 aromatic carbocycles. The zero-order valence-electron chi connectivity index (χ0n) is 17.5. The zero-order valence-corrected chi connectivity index (χ0v) is 19.1. The number of nitro groups is 1. The molecule has 10 nitrogen and oxygen atoms in total. The van der Waals surface area contributed by atoms with Crippen molar-refractivity contribution in [2.45, 2.75) is 31.7 Å². The lowest BCUT2D eigenvalue weighted by Gasteiger charge is -2.24. The number of imide groups is 1. The molecule has 3 fully saturated rings. The van der Waals surface area contributed by atoms with E-state index in [1.807, 2.05) is 0 Å². The van der Waals surface area contributed by atoms with Crippen LogP contribution < -0.4 is 5.32 Å². The van der Waals surface area contributed by atoms with Crippen LogP contribution in [-0.2, 0) is 14.4 Å². The molecule has 4 amide bonds. The summed E-state index contributed by atoms with van der Waals surface area (Å²) in [6, 6.07) is 3.59. The summed E-state index contributed by atoms with van der Waals surface area (Å²) in [4.78, 5) is 63.1. The number of likely N-dealkylation sites (tertiary alicyclic amines) is 1. The van der Waals surface area contributed by atoms with Crippen molar-refractivity contribution < 1.29 is 24.1 Å². The minimum absolute atomic E-state index is 0.0161. The van der Waals surface area contributed by atoms with Crippen molar-refractivity contribution in [1.82, 2.24) is 15.1 Å². The number of carbonyl (C=O) groups is 4. The fourth-order valence-electron chi connectivity index (χ4n) is 3.88. The van der Waals surface area contributed by atoms with Gasteiger partial charge in [-0.1, -0.05) is 17.7 Å². The Labute approximate surface area is 198 Å². The van der Waals surface area contributed by atoms with Gasteiger partial charge in [-0.25, -0.2) is 0 Å². The quantitative estimate of drug-likeness (QED) is 0.352. The molecule has 12 heteroatoms. The van der Waals surface area contributed by atoms with Crippen molar-refractivity contribution >= 4 is 58.1 Å². The van der Waals surface area contributed by atoms with Crippen LogP contribution in [0.1, 0.15) is 31.2 Å². The van der Waals surface area contributed by atoms with Gasteiger partial charge in [0.15, 0.2) is 0 Å². The first kappa shape index (κ1) is 23.2. The zero-order chi connectivity index (χ0) is 23.7. The first-order valence-corrected chi connectivity index (χ1v) is 11.7. The predicted molar refractivity (Wildman–Crippen MR) is 121 cm³/mol. The van der Waals surface area contributed by atoms with Gasteiger partial charge in [-0.15, -0.1) is 0 Å². The maximum absolute atomic E-state index is 12.7. The normalized spacial score (nSPS) is 21.7. The lowest BCUT2D eigenvalue weighted by Crippen LogP contribution is -2.48. The molecule has 1 aliphatic carbocycles. The lowest BCUT2D eigenvalue weighted by atomic mass is 10.2. The Bertz CT molecular complexity index is 1070. The average Bonchev–Trinajstić information content (AvgIpc) is 3.45. The van der Waals surface area contributed by atoms with E-state index in [1.54, 1.807) is 4.90 Å². The van der Waals surface area contributed by atoms with Crippen LogP contribution in [0.3, 0.4) is 0 Å². The lowest BCUT2D eigenvalue weighted by molar-refractivity contribution is -0.384. The van der Waals surface area contributed by atoms with Gasteiger partial charge in [-0.3, -0.25) is 34.2 Å². The molecule has 2 saturated heterocycles. The first-order valence-electron chi connectivity index (χ1n) is 10.5. The number of hydrogen-bond donors (Lipinski definition) is 1. The number of rotatable bonds is 7. The molecule has 2 heterocycles. The van der Waals surface area contributed by atoms with Gasteiger partial charge < -0.3 is 10.2 Å². The molecule has 3 aliphatic rings. The van der Waals surface area contributed by atoms with E-state index in [0.29, 0.717) is 18.5 Å². The first-order chi connectivity index (χ1) is 15.8. The third-order valence-corrected chi connectivity index (χ3v) is 6.97. The molecule has 33 heavy (non-hydrogen) atoms. The summed E-state index contributed by atoms with van der Waals surface area (Å²) >= 11 is 6.53. The number of halogens is 1. The molecular formula is C21H21ClN4O6S. The van der Waals surface area contributed by atoms with Crippen LogP contribution in [0.15, 0.2) is 23.1 Å². The number of amides is 4. The summed E-state index contributed by atoms with van der Waals surface area (Å²) in [5.74, 6) is -0.741. The fraction of sp³-hybridized carbons (Fsp3) is 0.429. The molecule has 1 N–H and O–H groups in total. The van der Waals surface area contributed by atoms with E-state index in [0.717, 1.165) is 35.9 Å². The monoisotopic (exact) mass is 492 g/mol. The van der Waals surface area contributed by atoms with Gasteiger partial charge in [-0.05, 0) is 55.2 Å². The molecule has 1 unspecified atom stereocenters. The highest BCUT2D eigenvalue weighted by atomic mass is 35.5. The van der Waals surface area contributed by atoms with Crippen molar-refractivity contribution in [3.05, 3.63) is 43.8 Å². The Hall–Kier alpha value is -2.92. The van der Waals surface area contributed by atoms with E-state index in [1.165, 1.54) is 24.3 Å². The summed E-state index contributed by atoms with van der Waals surface area (Å²) in [6.07, 6.45) is 4.52. The van der Waals surface area contributed by atoms with Gasteiger partial charge in [0.05, 0.1) is 9.83 Å². The molecule has 1 aromatic rings. The molecular weight excluding hydrogens is 472 g/mol. The van der Waals surface area contributed by atoms with Crippen LogP contribution in [-0.4, -0.2) is 63.4 Å². The molecule has 1 atom stereocenters. The van der Waals surface area contributed by atoms with Crippen molar-refractivity contribution in [3.8, 4) is 0 Å². The van der Waals surface area contributed by atoms with Crippen molar-refractivity contribution in [2.24, 2.45) is 5.92 Å². The molecule has 1 saturated carbocycles. The SMILES string of the molecule is O=C(NCCN1C(=O)S/C(=C\c2ccc(Cl)c([N+](=O)[O-])c2)C1=O)C1CCCN1C(=O)C1CC1. The van der Waals surface area contributed by atoms with Crippen LogP contribution in [0.4, 0.5) is 10.5 Å². The van der Waals surface area contributed by atoms with Gasteiger partial charge in [0.1, 0.15) is 11.1 Å². The van der Waals surface area contributed by atoms with Gasteiger partial charge in [0, 0.05) is 31.6 Å². The predicted octanol–water partition coefficient (Wildman–Crippen LogP) is 2.80. The molecule has 0 spiro atoms. The summed E-state index contributed by atoms with van der Waals surface area (Å²) in [5.41, 5.74) is 0.0695. The van der Waals surface area contributed by atoms with E-state index in [2.05, 4.69) is 5.32 Å². The van der Waals surface area contributed by atoms with Crippen LogP contribution >= 0.6 is 23.4 Å². The van der Waals surface area contributed by atoms with Gasteiger partial charge in [-0.2, -0.15) is 0 Å². The highest BCUT2D eigenvalue weighted by Gasteiger charge is 2.41. The van der Waals surface area contributed by atoms with Gasteiger partial charge >= 0.3 is 0 Å². The van der Waals surface area contributed by atoms with Crippen LogP contribution in [0.2, 0.25) is 5.02 Å². The third-order valence-electron chi connectivity index (χ3n) is 5.74. The minimum Gasteiger partial charge on any atom is -0.353 e. The van der Waals surface area contributed by atoms with Crippen molar-refractivity contribution in [2.75, 3.05) is 19.6 Å². The fourth-order valence-corrected chi connectivity index (χ4v) is 4.93.